The summed E-state index contributed by atoms with van der Waals surface area (Å²) in [5.41, 5.74) is 1.67. The van der Waals surface area contributed by atoms with Crippen molar-refractivity contribution in [1.29, 1.82) is 0 Å². The highest BCUT2D eigenvalue weighted by Crippen LogP contribution is 2.19. The Kier molecular flexibility index (Phi) is 3.20. The standard InChI is InChI=1S/C16H12N6O2/c23-11-5-3-4-10(8-11)19-14-17-9-18-15(21-14)22-13-7-2-1-6-12(13)20-16(22)24/h1-9,23H,(H,20,24)(H,17,18,19,21). The molecule has 0 spiro atoms. The van der Waals surface area contributed by atoms with Gasteiger partial charge < -0.3 is 15.4 Å². The number of benzene rings is 2. The molecule has 0 radical (unpaired) electrons. The summed E-state index contributed by atoms with van der Waals surface area (Å²) in [6.07, 6.45) is 1.32. The molecule has 8 heteroatoms. The van der Waals surface area contributed by atoms with Gasteiger partial charge >= 0.3 is 5.69 Å². The Morgan fingerprint density at radius 1 is 1.08 bits per heavy atom. The summed E-state index contributed by atoms with van der Waals surface area (Å²) in [5.74, 6) is 0.597. The van der Waals surface area contributed by atoms with Crippen LogP contribution in [0.2, 0.25) is 0 Å². The van der Waals surface area contributed by atoms with Crippen molar-refractivity contribution in [3.8, 4) is 11.7 Å². The summed E-state index contributed by atoms with van der Waals surface area (Å²) in [7, 11) is 0. The smallest absolute Gasteiger partial charge is 0.333 e. The van der Waals surface area contributed by atoms with Crippen LogP contribution < -0.4 is 11.0 Å². The van der Waals surface area contributed by atoms with E-state index in [0.29, 0.717) is 16.7 Å². The van der Waals surface area contributed by atoms with Crippen molar-refractivity contribution in [3.05, 3.63) is 65.3 Å². The van der Waals surface area contributed by atoms with Gasteiger partial charge in [-0.05, 0) is 24.3 Å². The van der Waals surface area contributed by atoms with Gasteiger partial charge in [0, 0.05) is 11.8 Å². The first-order valence-electron chi connectivity index (χ1n) is 7.16. The first kappa shape index (κ1) is 13.9. The van der Waals surface area contributed by atoms with Gasteiger partial charge in [0.25, 0.3) is 0 Å². The van der Waals surface area contributed by atoms with E-state index in [4.69, 9.17) is 0 Å². The quantitative estimate of drug-likeness (QED) is 0.532. The number of aromatic amines is 1. The van der Waals surface area contributed by atoms with Gasteiger partial charge in [-0.15, -0.1) is 0 Å². The largest absolute Gasteiger partial charge is 0.508 e. The Morgan fingerprint density at radius 3 is 2.83 bits per heavy atom. The van der Waals surface area contributed by atoms with E-state index >= 15 is 0 Å². The van der Waals surface area contributed by atoms with Crippen LogP contribution in [-0.4, -0.2) is 29.6 Å². The topological polar surface area (TPSA) is 109 Å². The van der Waals surface area contributed by atoms with Gasteiger partial charge in [-0.2, -0.15) is 4.98 Å². The van der Waals surface area contributed by atoms with Gasteiger partial charge in [-0.3, -0.25) is 0 Å². The summed E-state index contributed by atoms with van der Waals surface area (Å²) in [6, 6.07) is 13.9. The Labute approximate surface area is 135 Å². The molecule has 0 aliphatic heterocycles. The maximum atomic E-state index is 12.2. The normalized spacial score (nSPS) is 10.8. The molecule has 3 N–H and O–H groups in total. The number of hydrogen-bond donors (Lipinski definition) is 3. The number of fused-ring (bicyclic) bond motifs is 1. The summed E-state index contributed by atoms with van der Waals surface area (Å²) in [5, 5.41) is 12.5. The van der Waals surface area contributed by atoms with Crippen LogP contribution in [0.15, 0.2) is 59.7 Å². The zero-order chi connectivity index (χ0) is 16.5. The third-order valence-electron chi connectivity index (χ3n) is 3.45. The molecule has 0 atom stereocenters. The molecule has 2 aromatic carbocycles. The summed E-state index contributed by atoms with van der Waals surface area (Å²) >= 11 is 0. The van der Waals surface area contributed by atoms with E-state index in [1.165, 1.54) is 10.9 Å². The molecule has 0 saturated carbocycles. The SMILES string of the molecule is O=c1[nH]c2ccccc2n1-c1ncnc(Nc2cccc(O)c2)n1. The van der Waals surface area contributed by atoms with Crippen LogP contribution in [-0.2, 0) is 0 Å². The van der Waals surface area contributed by atoms with Crippen LogP contribution in [0, 0.1) is 0 Å². The molecule has 2 aromatic heterocycles. The lowest BCUT2D eigenvalue weighted by Crippen LogP contribution is -2.18. The van der Waals surface area contributed by atoms with E-state index in [2.05, 4.69) is 25.3 Å². The van der Waals surface area contributed by atoms with Crippen LogP contribution in [0.4, 0.5) is 11.6 Å². The monoisotopic (exact) mass is 320 g/mol. The fraction of sp³-hybridized carbons (Fsp3) is 0. The molecular weight excluding hydrogens is 308 g/mol. The van der Waals surface area contributed by atoms with Gasteiger partial charge in [0.1, 0.15) is 12.1 Å². The molecular formula is C16H12N6O2. The molecule has 8 nitrogen and oxygen atoms in total. The van der Waals surface area contributed by atoms with Crippen LogP contribution >= 0.6 is 0 Å². The summed E-state index contributed by atoms with van der Waals surface area (Å²) < 4.78 is 1.38. The Balaban J connectivity index is 1.77. The number of aromatic hydroxyl groups is 1. The van der Waals surface area contributed by atoms with E-state index in [-0.39, 0.29) is 23.3 Å². The molecule has 0 fully saturated rings. The number of imidazole rings is 1. The molecule has 24 heavy (non-hydrogen) atoms. The molecule has 4 aromatic rings. The maximum Gasteiger partial charge on any atom is 0.333 e. The highest BCUT2D eigenvalue weighted by Gasteiger charge is 2.11. The van der Waals surface area contributed by atoms with Gasteiger partial charge in [-0.1, -0.05) is 18.2 Å². The van der Waals surface area contributed by atoms with Gasteiger partial charge in [0.2, 0.25) is 11.9 Å². The van der Waals surface area contributed by atoms with E-state index in [1.54, 1.807) is 36.4 Å². The lowest BCUT2D eigenvalue weighted by Gasteiger charge is -2.06. The van der Waals surface area contributed by atoms with Crippen LogP contribution in [0.3, 0.4) is 0 Å². The van der Waals surface area contributed by atoms with Crippen molar-refractivity contribution in [2.75, 3.05) is 5.32 Å². The minimum absolute atomic E-state index is 0.127. The van der Waals surface area contributed by atoms with E-state index in [1.807, 2.05) is 12.1 Å². The van der Waals surface area contributed by atoms with Crippen molar-refractivity contribution in [2.24, 2.45) is 0 Å². The number of nitrogens with zero attached hydrogens (tertiary/aromatic N) is 4. The van der Waals surface area contributed by atoms with Crippen molar-refractivity contribution >= 4 is 22.7 Å². The molecule has 4 rings (SSSR count). The fourth-order valence-corrected chi connectivity index (χ4v) is 2.42. The number of para-hydroxylation sites is 2. The average molecular weight is 320 g/mol. The predicted molar refractivity (Wildman–Crippen MR) is 88.7 cm³/mol. The van der Waals surface area contributed by atoms with Crippen molar-refractivity contribution in [3.63, 3.8) is 0 Å². The molecule has 2 heterocycles. The summed E-state index contributed by atoms with van der Waals surface area (Å²) in [4.78, 5) is 27.4. The van der Waals surface area contributed by atoms with Gasteiger partial charge in [0.15, 0.2) is 0 Å². The number of aromatic nitrogens is 5. The van der Waals surface area contributed by atoms with Crippen LogP contribution in [0.25, 0.3) is 17.0 Å². The molecule has 0 unspecified atom stereocenters. The lowest BCUT2D eigenvalue weighted by atomic mass is 10.3. The van der Waals surface area contributed by atoms with E-state index < -0.39 is 0 Å². The van der Waals surface area contributed by atoms with Crippen molar-refractivity contribution in [2.45, 2.75) is 0 Å². The maximum absolute atomic E-state index is 12.2. The second kappa shape index (κ2) is 5.51. The van der Waals surface area contributed by atoms with E-state index in [0.717, 1.165) is 0 Å². The first-order chi connectivity index (χ1) is 11.7. The predicted octanol–water partition coefficient (Wildman–Crippen LogP) is 1.95. The second-order valence-electron chi connectivity index (χ2n) is 5.07. The van der Waals surface area contributed by atoms with Crippen molar-refractivity contribution in [1.82, 2.24) is 24.5 Å². The molecule has 118 valence electrons. The average Bonchev–Trinajstić information content (AvgIpc) is 2.91. The van der Waals surface area contributed by atoms with Crippen LogP contribution in [0.1, 0.15) is 0 Å². The molecule has 0 saturated heterocycles. The number of phenolic OH excluding ortho intramolecular Hbond substituents is 1. The minimum Gasteiger partial charge on any atom is -0.508 e. The third kappa shape index (κ3) is 2.45. The number of H-pyrrole nitrogens is 1. The van der Waals surface area contributed by atoms with Crippen molar-refractivity contribution < 1.29 is 5.11 Å². The van der Waals surface area contributed by atoms with Gasteiger partial charge in [0.05, 0.1) is 11.0 Å². The molecule has 0 bridgehead atoms. The Hall–Kier alpha value is -3.68. The lowest BCUT2D eigenvalue weighted by molar-refractivity contribution is 0.475. The minimum atomic E-state index is -0.328. The number of nitrogens with one attached hydrogen (secondary N) is 2. The highest BCUT2D eigenvalue weighted by atomic mass is 16.3. The zero-order valence-electron chi connectivity index (χ0n) is 12.3. The number of phenols is 1. The molecule has 0 amide bonds. The molecule has 0 aliphatic rings. The molecule has 0 aliphatic carbocycles. The second-order valence-corrected chi connectivity index (χ2v) is 5.07. The Morgan fingerprint density at radius 2 is 1.96 bits per heavy atom. The fourth-order valence-electron chi connectivity index (χ4n) is 2.42. The zero-order valence-corrected chi connectivity index (χ0v) is 12.3. The third-order valence-corrected chi connectivity index (χ3v) is 3.45. The first-order valence-corrected chi connectivity index (χ1v) is 7.16. The highest BCUT2D eigenvalue weighted by molar-refractivity contribution is 5.76. The van der Waals surface area contributed by atoms with Gasteiger partial charge in [-0.25, -0.2) is 19.3 Å². The summed E-state index contributed by atoms with van der Waals surface area (Å²) in [6.45, 7) is 0. The van der Waals surface area contributed by atoms with Crippen LogP contribution in [0.5, 0.6) is 5.75 Å². The number of hydrogen-bond acceptors (Lipinski definition) is 6. The Bertz CT molecular complexity index is 1090. The van der Waals surface area contributed by atoms with E-state index in [9.17, 15) is 9.90 Å². The number of anilines is 2. The number of rotatable bonds is 3.